The molecule has 0 bridgehead atoms. The number of benzene rings is 3. The van der Waals surface area contributed by atoms with Gasteiger partial charge in [0.05, 0.1) is 23.3 Å². The van der Waals surface area contributed by atoms with Crippen molar-refractivity contribution in [2.45, 2.75) is 23.3 Å². The van der Waals surface area contributed by atoms with Crippen LogP contribution in [-0.4, -0.2) is 47.8 Å². The molecule has 0 amide bonds. The summed E-state index contributed by atoms with van der Waals surface area (Å²) in [7, 11) is 0. The van der Waals surface area contributed by atoms with E-state index in [1.807, 2.05) is 0 Å². The van der Waals surface area contributed by atoms with E-state index in [2.05, 4.69) is 15.9 Å². The van der Waals surface area contributed by atoms with Crippen molar-refractivity contribution < 1.29 is 33.3 Å². The van der Waals surface area contributed by atoms with Crippen LogP contribution < -0.4 is 0 Å². The van der Waals surface area contributed by atoms with Crippen molar-refractivity contribution >= 4 is 33.8 Å². The summed E-state index contributed by atoms with van der Waals surface area (Å²) < 4.78 is 22.7. The van der Waals surface area contributed by atoms with E-state index in [-0.39, 0.29) is 6.61 Å². The summed E-state index contributed by atoms with van der Waals surface area (Å²) in [4.78, 5) is 38.3. The molecule has 1 heterocycles. The fourth-order valence-corrected chi connectivity index (χ4v) is 3.97. The van der Waals surface area contributed by atoms with Crippen LogP contribution in [0.25, 0.3) is 0 Å². The summed E-state index contributed by atoms with van der Waals surface area (Å²) in [5.41, 5.74) is 0.953. The second kappa shape index (κ2) is 11.1. The molecule has 4 rings (SSSR count). The lowest BCUT2D eigenvalue weighted by molar-refractivity contribution is -0.165. The predicted octanol–water partition coefficient (Wildman–Crippen LogP) is 4.41. The molecule has 0 N–H and O–H groups in total. The first kappa shape index (κ1) is 23.7. The molecule has 1 aliphatic heterocycles. The maximum absolute atomic E-state index is 12.9. The van der Waals surface area contributed by atoms with Crippen LogP contribution in [-0.2, 0) is 18.9 Å². The quantitative estimate of drug-likeness (QED) is 0.268. The third-order valence-corrected chi connectivity index (χ3v) is 5.93. The number of esters is 3. The Hall–Kier alpha value is -3.49. The topological polar surface area (TPSA) is 88.1 Å². The van der Waals surface area contributed by atoms with Gasteiger partial charge in [-0.1, -0.05) is 70.5 Å². The van der Waals surface area contributed by atoms with Gasteiger partial charge in [-0.25, -0.2) is 14.4 Å². The molecule has 0 unspecified atom stereocenters. The Bertz CT molecular complexity index is 1120. The molecule has 3 aromatic carbocycles. The third kappa shape index (κ3) is 5.70. The van der Waals surface area contributed by atoms with Crippen LogP contribution in [0.5, 0.6) is 0 Å². The van der Waals surface area contributed by atoms with E-state index in [9.17, 15) is 14.4 Å². The Labute approximate surface area is 204 Å². The molecule has 3 aromatic rings. The SMILES string of the molecule is O=C(O[C@H]1[C@H](OC(=O)c2ccccc2)[C@H](OC(=O)c2ccccc2)CO[C@@H]1Br)c1ccccc1. The van der Waals surface area contributed by atoms with Gasteiger partial charge in [0.15, 0.2) is 23.3 Å². The maximum Gasteiger partial charge on any atom is 0.338 e. The molecule has 4 atom stereocenters. The summed E-state index contributed by atoms with van der Waals surface area (Å²) in [6.45, 7) is -0.0688. The second-order valence-electron chi connectivity index (χ2n) is 7.47. The summed E-state index contributed by atoms with van der Waals surface area (Å²) in [5.74, 6) is -1.89. The Morgan fingerprint density at radius 1 is 0.618 bits per heavy atom. The van der Waals surface area contributed by atoms with Crippen molar-refractivity contribution in [3.8, 4) is 0 Å². The molecule has 1 fully saturated rings. The minimum atomic E-state index is -1.12. The standard InChI is InChI=1S/C26H21BrO7/c27-23-22(34-26(30)19-14-8-3-9-15-19)21(33-25(29)18-12-6-2-7-13-18)20(16-31-23)32-24(28)17-10-4-1-5-11-17/h1-15,20-23H,16H2/t20-,21-,22+,23+/m1/s1. The summed E-state index contributed by atoms with van der Waals surface area (Å²) in [5, 5.41) is -0.791. The van der Waals surface area contributed by atoms with Crippen LogP contribution in [0.4, 0.5) is 0 Å². The monoisotopic (exact) mass is 524 g/mol. The number of halogens is 1. The third-order valence-electron chi connectivity index (χ3n) is 5.14. The lowest BCUT2D eigenvalue weighted by Crippen LogP contribution is -2.56. The van der Waals surface area contributed by atoms with E-state index in [0.29, 0.717) is 16.7 Å². The molecule has 0 spiro atoms. The highest BCUT2D eigenvalue weighted by Crippen LogP contribution is 2.29. The molecular formula is C26H21BrO7. The van der Waals surface area contributed by atoms with Crippen LogP contribution in [0.2, 0.25) is 0 Å². The van der Waals surface area contributed by atoms with Crippen LogP contribution in [0.3, 0.4) is 0 Å². The van der Waals surface area contributed by atoms with E-state index in [4.69, 9.17) is 18.9 Å². The number of ether oxygens (including phenoxy) is 4. The molecule has 1 aliphatic rings. The van der Waals surface area contributed by atoms with Gasteiger partial charge in [-0.2, -0.15) is 0 Å². The van der Waals surface area contributed by atoms with Gasteiger partial charge in [0.1, 0.15) is 0 Å². The Balaban J connectivity index is 1.59. The van der Waals surface area contributed by atoms with E-state index >= 15 is 0 Å². The summed E-state index contributed by atoms with van der Waals surface area (Å²) in [6, 6.07) is 25.2. The van der Waals surface area contributed by atoms with Gasteiger partial charge >= 0.3 is 17.9 Å². The zero-order chi connectivity index (χ0) is 23.9. The van der Waals surface area contributed by atoms with Crippen LogP contribution in [0.15, 0.2) is 91.0 Å². The van der Waals surface area contributed by atoms with Gasteiger partial charge in [0.2, 0.25) is 0 Å². The number of hydrogen-bond donors (Lipinski definition) is 0. The van der Waals surface area contributed by atoms with Crippen molar-refractivity contribution in [2.75, 3.05) is 6.61 Å². The lowest BCUT2D eigenvalue weighted by atomic mass is 10.0. The number of carbonyl (C=O) groups is 3. The highest BCUT2D eigenvalue weighted by atomic mass is 79.9. The van der Waals surface area contributed by atoms with Crippen molar-refractivity contribution in [3.05, 3.63) is 108 Å². The van der Waals surface area contributed by atoms with Gasteiger partial charge in [0, 0.05) is 0 Å². The van der Waals surface area contributed by atoms with Gasteiger partial charge in [0.25, 0.3) is 0 Å². The Kier molecular flexibility index (Phi) is 7.72. The summed E-state index contributed by atoms with van der Waals surface area (Å²) >= 11 is 3.35. The van der Waals surface area contributed by atoms with E-state index in [0.717, 1.165) is 0 Å². The van der Waals surface area contributed by atoms with Gasteiger partial charge < -0.3 is 18.9 Å². The van der Waals surface area contributed by atoms with Crippen LogP contribution >= 0.6 is 15.9 Å². The Morgan fingerprint density at radius 2 is 1.00 bits per heavy atom. The molecule has 8 heteroatoms. The van der Waals surface area contributed by atoms with Crippen molar-refractivity contribution in [1.82, 2.24) is 0 Å². The van der Waals surface area contributed by atoms with Crippen LogP contribution in [0.1, 0.15) is 31.1 Å². The molecule has 0 aromatic heterocycles. The normalized spacial score (nSPS) is 21.8. The van der Waals surface area contributed by atoms with Crippen molar-refractivity contribution in [1.29, 1.82) is 0 Å². The minimum absolute atomic E-state index is 0.0688. The number of carbonyl (C=O) groups excluding carboxylic acids is 3. The molecule has 1 saturated heterocycles. The summed E-state index contributed by atoms with van der Waals surface area (Å²) in [6.07, 6.45) is -3.21. The first-order valence-electron chi connectivity index (χ1n) is 10.6. The maximum atomic E-state index is 12.9. The predicted molar refractivity (Wildman–Crippen MR) is 126 cm³/mol. The second-order valence-corrected chi connectivity index (χ2v) is 8.37. The zero-order valence-electron chi connectivity index (χ0n) is 17.9. The van der Waals surface area contributed by atoms with E-state index in [1.54, 1.807) is 91.0 Å². The number of alkyl halides is 1. The highest BCUT2D eigenvalue weighted by Gasteiger charge is 2.47. The minimum Gasteiger partial charge on any atom is -0.452 e. The fraction of sp³-hybridized carbons (Fsp3) is 0.192. The largest absolute Gasteiger partial charge is 0.452 e. The molecule has 0 radical (unpaired) electrons. The Morgan fingerprint density at radius 3 is 1.44 bits per heavy atom. The van der Waals surface area contributed by atoms with E-state index in [1.165, 1.54) is 0 Å². The lowest BCUT2D eigenvalue weighted by Gasteiger charge is -2.38. The van der Waals surface area contributed by atoms with Crippen molar-refractivity contribution in [2.24, 2.45) is 0 Å². The molecule has 7 nitrogen and oxygen atoms in total. The van der Waals surface area contributed by atoms with Crippen LogP contribution in [0, 0.1) is 0 Å². The number of hydrogen-bond acceptors (Lipinski definition) is 7. The van der Waals surface area contributed by atoms with Gasteiger partial charge in [-0.05, 0) is 36.4 Å². The first-order valence-corrected chi connectivity index (χ1v) is 11.5. The molecule has 174 valence electrons. The first-order chi connectivity index (χ1) is 16.5. The highest BCUT2D eigenvalue weighted by molar-refractivity contribution is 9.09. The molecular weight excluding hydrogens is 504 g/mol. The van der Waals surface area contributed by atoms with Gasteiger partial charge in [-0.3, -0.25) is 0 Å². The van der Waals surface area contributed by atoms with Gasteiger partial charge in [-0.15, -0.1) is 0 Å². The van der Waals surface area contributed by atoms with Crippen molar-refractivity contribution in [3.63, 3.8) is 0 Å². The average molecular weight is 525 g/mol. The molecule has 0 aliphatic carbocycles. The molecule has 0 saturated carbocycles. The van der Waals surface area contributed by atoms with E-state index < -0.39 is 41.2 Å². The average Bonchev–Trinajstić information content (AvgIpc) is 2.89. The molecule has 34 heavy (non-hydrogen) atoms. The zero-order valence-corrected chi connectivity index (χ0v) is 19.5. The smallest absolute Gasteiger partial charge is 0.338 e. The fourth-order valence-electron chi connectivity index (χ4n) is 3.41. The number of rotatable bonds is 6.